The van der Waals surface area contributed by atoms with Gasteiger partial charge in [-0.05, 0) is 30.2 Å². The number of aryl methyl sites for hydroxylation is 1. The first-order chi connectivity index (χ1) is 9.11. The van der Waals surface area contributed by atoms with Gasteiger partial charge in [-0.3, -0.25) is 4.68 Å². The number of hydrogen-bond acceptors (Lipinski definition) is 3. The quantitative estimate of drug-likeness (QED) is 0.906. The van der Waals surface area contributed by atoms with Gasteiger partial charge in [0.2, 0.25) is 0 Å². The van der Waals surface area contributed by atoms with Gasteiger partial charge in [0.15, 0.2) is 0 Å². The third-order valence-corrected chi connectivity index (χ3v) is 3.73. The maximum Gasteiger partial charge on any atom is 0.138 e. The summed E-state index contributed by atoms with van der Waals surface area (Å²) in [4.78, 5) is 4.27. The van der Waals surface area contributed by atoms with Gasteiger partial charge in [-0.15, -0.1) is 0 Å². The molecule has 0 fully saturated rings. The molecule has 1 aromatic carbocycles. The number of rotatable bonds is 5. The predicted octanol–water partition coefficient (Wildman–Crippen LogP) is 3.35. The maximum absolute atomic E-state index is 6.23. The molecule has 0 aliphatic rings. The van der Waals surface area contributed by atoms with Gasteiger partial charge in [0.25, 0.3) is 0 Å². The van der Waals surface area contributed by atoms with Crippen LogP contribution in [0.15, 0.2) is 29.0 Å². The van der Waals surface area contributed by atoms with Gasteiger partial charge in [-0.1, -0.05) is 34.5 Å². The summed E-state index contributed by atoms with van der Waals surface area (Å²) in [7, 11) is 0. The zero-order valence-electron chi connectivity index (χ0n) is 10.7. The fourth-order valence-corrected chi connectivity index (χ4v) is 2.59. The predicted molar refractivity (Wildman–Crippen MR) is 80.1 cm³/mol. The zero-order valence-corrected chi connectivity index (χ0v) is 13.0. The minimum Gasteiger partial charge on any atom is -0.324 e. The Labute approximate surface area is 126 Å². The molecular formula is C13H16BrClN4. The van der Waals surface area contributed by atoms with Crippen molar-refractivity contribution in [2.75, 3.05) is 0 Å². The van der Waals surface area contributed by atoms with E-state index in [-0.39, 0.29) is 6.04 Å². The Kier molecular flexibility index (Phi) is 4.96. The number of hydrogen-bond donors (Lipinski definition) is 1. The van der Waals surface area contributed by atoms with Crippen molar-refractivity contribution in [3.63, 3.8) is 0 Å². The Hall–Kier alpha value is -0.910. The van der Waals surface area contributed by atoms with Crippen LogP contribution in [0, 0.1) is 0 Å². The maximum atomic E-state index is 6.23. The largest absolute Gasteiger partial charge is 0.324 e. The van der Waals surface area contributed by atoms with Crippen LogP contribution in [0.1, 0.15) is 30.8 Å². The SMILES string of the molecule is CCCn1ncnc1CC(N)c1cc(Br)ccc1Cl. The van der Waals surface area contributed by atoms with Crippen molar-refractivity contribution in [2.24, 2.45) is 5.73 Å². The summed E-state index contributed by atoms with van der Waals surface area (Å²) in [5, 5.41) is 4.88. The summed E-state index contributed by atoms with van der Waals surface area (Å²) in [6, 6.07) is 5.51. The number of halogens is 2. The lowest BCUT2D eigenvalue weighted by molar-refractivity contribution is 0.548. The molecule has 1 atom stereocenters. The third kappa shape index (κ3) is 3.55. The Morgan fingerprint density at radius 3 is 3.00 bits per heavy atom. The fourth-order valence-electron chi connectivity index (χ4n) is 1.95. The molecule has 102 valence electrons. The molecule has 0 saturated carbocycles. The molecule has 1 unspecified atom stereocenters. The van der Waals surface area contributed by atoms with Crippen molar-refractivity contribution in [2.45, 2.75) is 32.4 Å². The van der Waals surface area contributed by atoms with E-state index in [1.54, 1.807) is 6.33 Å². The Morgan fingerprint density at radius 1 is 1.47 bits per heavy atom. The number of aromatic nitrogens is 3. The summed E-state index contributed by atoms with van der Waals surface area (Å²) in [5.74, 6) is 0.894. The molecule has 6 heteroatoms. The van der Waals surface area contributed by atoms with Crippen molar-refractivity contribution >= 4 is 27.5 Å². The van der Waals surface area contributed by atoms with Gasteiger partial charge in [0.05, 0.1) is 0 Å². The molecule has 0 spiro atoms. The smallest absolute Gasteiger partial charge is 0.138 e. The molecule has 4 nitrogen and oxygen atoms in total. The Bertz CT molecular complexity index is 555. The normalized spacial score (nSPS) is 12.6. The van der Waals surface area contributed by atoms with Crippen LogP contribution in [0.2, 0.25) is 5.02 Å². The van der Waals surface area contributed by atoms with Crippen LogP contribution in [0.3, 0.4) is 0 Å². The molecule has 1 heterocycles. The second kappa shape index (κ2) is 6.50. The summed E-state index contributed by atoms with van der Waals surface area (Å²) in [5.41, 5.74) is 7.15. The van der Waals surface area contributed by atoms with E-state index in [4.69, 9.17) is 17.3 Å². The van der Waals surface area contributed by atoms with E-state index >= 15 is 0 Å². The van der Waals surface area contributed by atoms with Crippen molar-refractivity contribution in [3.8, 4) is 0 Å². The second-order valence-corrected chi connectivity index (χ2v) is 5.70. The molecule has 0 saturated heterocycles. The summed E-state index contributed by atoms with van der Waals surface area (Å²) >= 11 is 9.62. The second-order valence-electron chi connectivity index (χ2n) is 4.38. The molecule has 0 radical (unpaired) electrons. The van der Waals surface area contributed by atoms with Gasteiger partial charge < -0.3 is 5.73 Å². The highest BCUT2D eigenvalue weighted by Gasteiger charge is 2.15. The molecule has 2 N–H and O–H groups in total. The topological polar surface area (TPSA) is 56.7 Å². The molecule has 0 aliphatic carbocycles. The van der Waals surface area contributed by atoms with E-state index in [1.807, 2.05) is 22.9 Å². The molecule has 0 aliphatic heterocycles. The van der Waals surface area contributed by atoms with E-state index in [0.717, 1.165) is 28.8 Å². The highest BCUT2D eigenvalue weighted by atomic mass is 79.9. The lowest BCUT2D eigenvalue weighted by Gasteiger charge is -2.14. The van der Waals surface area contributed by atoms with Crippen molar-refractivity contribution in [3.05, 3.63) is 45.4 Å². The molecule has 2 aromatic rings. The summed E-state index contributed by atoms with van der Waals surface area (Å²) in [6.45, 7) is 2.96. The van der Waals surface area contributed by atoms with Gasteiger partial charge in [0, 0.05) is 28.5 Å². The van der Waals surface area contributed by atoms with Crippen molar-refractivity contribution in [1.82, 2.24) is 14.8 Å². The zero-order chi connectivity index (χ0) is 13.8. The lowest BCUT2D eigenvalue weighted by Crippen LogP contribution is -2.17. The van der Waals surface area contributed by atoms with Gasteiger partial charge in [-0.25, -0.2) is 4.98 Å². The van der Waals surface area contributed by atoms with Gasteiger partial charge in [0.1, 0.15) is 12.2 Å². The molecule has 19 heavy (non-hydrogen) atoms. The van der Waals surface area contributed by atoms with Gasteiger partial charge >= 0.3 is 0 Å². The average molecular weight is 344 g/mol. The number of nitrogens with zero attached hydrogens (tertiary/aromatic N) is 3. The van der Waals surface area contributed by atoms with E-state index in [1.165, 1.54) is 0 Å². The number of benzene rings is 1. The molecule has 2 rings (SSSR count). The summed E-state index contributed by atoms with van der Waals surface area (Å²) < 4.78 is 2.86. The first-order valence-electron chi connectivity index (χ1n) is 6.19. The van der Waals surface area contributed by atoms with Gasteiger partial charge in [-0.2, -0.15) is 5.10 Å². The molecule has 0 amide bonds. The Morgan fingerprint density at radius 2 is 2.26 bits per heavy atom. The van der Waals surface area contributed by atoms with E-state index < -0.39 is 0 Å². The minimum absolute atomic E-state index is 0.190. The molecule has 0 bridgehead atoms. The van der Waals surface area contributed by atoms with Crippen molar-refractivity contribution in [1.29, 1.82) is 0 Å². The van der Waals surface area contributed by atoms with E-state index in [9.17, 15) is 0 Å². The van der Waals surface area contributed by atoms with Crippen LogP contribution < -0.4 is 5.73 Å². The average Bonchev–Trinajstić information content (AvgIpc) is 2.80. The number of nitrogens with two attached hydrogens (primary N) is 1. The molecule has 1 aromatic heterocycles. The fraction of sp³-hybridized carbons (Fsp3) is 0.385. The van der Waals surface area contributed by atoms with Crippen LogP contribution in [0.4, 0.5) is 0 Å². The van der Waals surface area contributed by atoms with Crippen molar-refractivity contribution < 1.29 is 0 Å². The highest BCUT2D eigenvalue weighted by Crippen LogP contribution is 2.27. The Balaban J connectivity index is 2.18. The highest BCUT2D eigenvalue weighted by molar-refractivity contribution is 9.10. The first kappa shape index (κ1) is 14.5. The first-order valence-corrected chi connectivity index (χ1v) is 7.36. The van der Waals surface area contributed by atoms with Crippen LogP contribution in [0.25, 0.3) is 0 Å². The van der Waals surface area contributed by atoms with E-state index in [2.05, 4.69) is 32.9 Å². The monoisotopic (exact) mass is 342 g/mol. The lowest BCUT2D eigenvalue weighted by atomic mass is 10.0. The molecular weight excluding hydrogens is 328 g/mol. The summed E-state index contributed by atoms with van der Waals surface area (Å²) in [6.07, 6.45) is 3.21. The van der Waals surface area contributed by atoms with Crippen LogP contribution >= 0.6 is 27.5 Å². The minimum atomic E-state index is -0.190. The standard InChI is InChI=1S/C13H16BrClN4/c1-2-5-19-13(17-8-18-19)7-12(16)10-6-9(14)3-4-11(10)15/h3-4,6,8,12H,2,5,7,16H2,1H3. The van der Waals surface area contributed by atoms with E-state index in [0.29, 0.717) is 11.4 Å². The third-order valence-electron chi connectivity index (χ3n) is 2.89. The van der Waals surface area contributed by atoms with Crippen LogP contribution in [-0.2, 0) is 13.0 Å². The van der Waals surface area contributed by atoms with Crippen LogP contribution in [0.5, 0.6) is 0 Å². The van der Waals surface area contributed by atoms with Crippen LogP contribution in [-0.4, -0.2) is 14.8 Å².